The number of benzene rings is 2. The Bertz CT molecular complexity index is 1050. The van der Waals surface area contributed by atoms with E-state index in [1.807, 2.05) is 72.8 Å². The topological polar surface area (TPSA) is 53.5 Å². The van der Waals surface area contributed by atoms with Gasteiger partial charge in [0.1, 0.15) is 0 Å². The molecule has 1 aromatic heterocycles. The number of likely N-dealkylation sites (N-methyl/N-ethyl adjacent to an activating group) is 1. The zero-order valence-electron chi connectivity index (χ0n) is 17.3. The Morgan fingerprint density at radius 2 is 1.70 bits per heavy atom. The van der Waals surface area contributed by atoms with Crippen molar-refractivity contribution in [1.29, 1.82) is 0 Å². The summed E-state index contributed by atoms with van der Waals surface area (Å²) in [5, 5.41) is 0. The van der Waals surface area contributed by atoms with Crippen molar-refractivity contribution in [3.05, 3.63) is 95.8 Å². The Kier molecular flexibility index (Phi) is 5.36. The van der Waals surface area contributed by atoms with Crippen molar-refractivity contribution in [2.75, 3.05) is 19.0 Å². The Morgan fingerprint density at radius 3 is 2.43 bits per heavy atom. The number of anilines is 1. The first-order valence-corrected chi connectivity index (χ1v) is 10.1. The average Bonchev–Trinajstić information content (AvgIpc) is 2.97. The average molecular weight is 399 g/mol. The van der Waals surface area contributed by atoms with Gasteiger partial charge in [-0.25, -0.2) is 0 Å². The maximum Gasteiger partial charge on any atom is 0.238 e. The van der Waals surface area contributed by atoms with E-state index in [1.54, 1.807) is 30.1 Å². The summed E-state index contributed by atoms with van der Waals surface area (Å²) < 4.78 is 0. The van der Waals surface area contributed by atoms with E-state index in [9.17, 15) is 9.59 Å². The Hall–Kier alpha value is -3.47. The van der Waals surface area contributed by atoms with Gasteiger partial charge in [0, 0.05) is 32.4 Å². The molecule has 2 heterocycles. The lowest BCUT2D eigenvalue weighted by Gasteiger charge is -2.30. The molecule has 2 aromatic carbocycles. The van der Waals surface area contributed by atoms with E-state index in [0.717, 1.165) is 22.5 Å². The second-order valence-corrected chi connectivity index (χ2v) is 7.87. The quantitative estimate of drug-likeness (QED) is 0.637. The number of carbonyl (C=O) groups excluding carboxylic acids is 2. The number of fused-ring (bicyclic) bond motifs is 1. The normalized spacial score (nSPS) is 17.7. The molecule has 3 aromatic rings. The Morgan fingerprint density at radius 1 is 1.00 bits per heavy atom. The van der Waals surface area contributed by atoms with Crippen LogP contribution in [0.15, 0.2) is 79.0 Å². The van der Waals surface area contributed by atoms with Crippen molar-refractivity contribution < 1.29 is 9.59 Å². The molecule has 0 fully saturated rings. The van der Waals surface area contributed by atoms with Crippen LogP contribution < -0.4 is 4.90 Å². The number of nitrogens with zero attached hydrogens (tertiary/aromatic N) is 3. The lowest BCUT2D eigenvalue weighted by atomic mass is 9.73. The second-order valence-electron chi connectivity index (χ2n) is 7.87. The summed E-state index contributed by atoms with van der Waals surface area (Å²) in [5.74, 6) is -0.109. The van der Waals surface area contributed by atoms with E-state index in [-0.39, 0.29) is 18.2 Å². The van der Waals surface area contributed by atoms with E-state index in [2.05, 4.69) is 4.98 Å². The summed E-state index contributed by atoms with van der Waals surface area (Å²) >= 11 is 0. The predicted octanol–water partition coefficient (Wildman–Crippen LogP) is 3.59. The first-order valence-electron chi connectivity index (χ1n) is 10.1. The van der Waals surface area contributed by atoms with Crippen molar-refractivity contribution in [2.45, 2.75) is 24.8 Å². The van der Waals surface area contributed by atoms with Gasteiger partial charge in [-0.1, -0.05) is 54.6 Å². The summed E-state index contributed by atoms with van der Waals surface area (Å²) in [6.45, 7) is 0.409. The molecule has 0 saturated heterocycles. The number of pyridine rings is 1. The Labute approximate surface area is 177 Å². The van der Waals surface area contributed by atoms with Crippen molar-refractivity contribution in [1.82, 2.24) is 9.88 Å². The van der Waals surface area contributed by atoms with E-state index in [1.165, 1.54) is 0 Å². The molecule has 1 atom stereocenters. The first-order chi connectivity index (χ1) is 14.5. The molecule has 0 saturated carbocycles. The monoisotopic (exact) mass is 399 g/mol. The van der Waals surface area contributed by atoms with Gasteiger partial charge in [-0.05, 0) is 35.7 Å². The van der Waals surface area contributed by atoms with E-state index in [0.29, 0.717) is 13.0 Å². The molecule has 1 unspecified atom stereocenters. The fourth-order valence-corrected chi connectivity index (χ4v) is 4.28. The number of carbonyl (C=O) groups is 2. The molecule has 1 aliphatic heterocycles. The largest absolute Gasteiger partial charge is 0.340 e. The standard InChI is InChI=1S/C25H25N3O2/c1-27(18-20-12-8-9-15-26-20)23(29)17-25(16-19-10-4-3-5-11-19)21-13-6-7-14-22(21)28(2)24(25)30/h3-15H,16-18H2,1-2H3. The van der Waals surface area contributed by atoms with E-state index >= 15 is 0 Å². The minimum Gasteiger partial charge on any atom is -0.340 e. The van der Waals surface area contributed by atoms with Crippen molar-refractivity contribution in [3.63, 3.8) is 0 Å². The van der Waals surface area contributed by atoms with Crippen LogP contribution in [0.3, 0.4) is 0 Å². The molecule has 0 spiro atoms. The molecule has 0 radical (unpaired) electrons. The van der Waals surface area contributed by atoms with Gasteiger partial charge in [-0.2, -0.15) is 0 Å². The number of aromatic nitrogens is 1. The molecule has 0 bridgehead atoms. The molecule has 152 valence electrons. The minimum atomic E-state index is -0.915. The van der Waals surface area contributed by atoms with Gasteiger partial charge in [0.2, 0.25) is 11.8 Å². The van der Waals surface area contributed by atoms with E-state index < -0.39 is 5.41 Å². The number of hydrogen-bond acceptors (Lipinski definition) is 3. The molecule has 1 aliphatic rings. The van der Waals surface area contributed by atoms with Crippen LogP contribution in [-0.4, -0.2) is 35.8 Å². The van der Waals surface area contributed by atoms with Gasteiger partial charge in [0.15, 0.2) is 0 Å². The summed E-state index contributed by atoms with van der Waals surface area (Å²) in [7, 11) is 3.55. The Balaban J connectivity index is 1.68. The zero-order valence-corrected chi connectivity index (χ0v) is 17.3. The van der Waals surface area contributed by atoms with Gasteiger partial charge in [0.25, 0.3) is 0 Å². The van der Waals surface area contributed by atoms with Gasteiger partial charge in [-0.3, -0.25) is 14.6 Å². The fourth-order valence-electron chi connectivity index (χ4n) is 4.28. The summed E-state index contributed by atoms with van der Waals surface area (Å²) in [4.78, 5) is 34.5. The summed E-state index contributed by atoms with van der Waals surface area (Å²) in [6.07, 6.45) is 2.32. The van der Waals surface area contributed by atoms with Crippen molar-refractivity contribution in [2.24, 2.45) is 0 Å². The lowest BCUT2D eigenvalue weighted by molar-refractivity contribution is -0.135. The third-order valence-electron chi connectivity index (χ3n) is 5.85. The molecular formula is C25H25N3O2. The van der Waals surface area contributed by atoms with E-state index in [4.69, 9.17) is 0 Å². The molecular weight excluding hydrogens is 374 g/mol. The third-order valence-corrected chi connectivity index (χ3v) is 5.85. The number of hydrogen-bond donors (Lipinski definition) is 0. The highest BCUT2D eigenvalue weighted by atomic mass is 16.2. The van der Waals surface area contributed by atoms with Gasteiger partial charge < -0.3 is 9.80 Å². The van der Waals surface area contributed by atoms with Gasteiger partial charge in [0.05, 0.1) is 17.7 Å². The molecule has 2 amide bonds. The van der Waals surface area contributed by atoms with Crippen LogP contribution in [0.1, 0.15) is 23.2 Å². The highest BCUT2D eigenvalue weighted by Gasteiger charge is 2.51. The minimum absolute atomic E-state index is 0.0351. The van der Waals surface area contributed by atoms with Crippen molar-refractivity contribution >= 4 is 17.5 Å². The van der Waals surface area contributed by atoms with Crippen LogP contribution in [0.25, 0.3) is 0 Å². The van der Waals surface area contributed by atoms with Gasteiger partial charge in [-0.15, -0.1) is 0 Å². The predicted molar refractivity (Wildman–Crippen MR) is 117 cm³/mol. The van der Waals surface area contributed by atoms with Crippen LogP contribution in [-0.2, 0) is 28.0 Å². The van der Waals surface area contributed by atoms with Crippen LogP contribution in [0.4, 0.5) is 5.69 Å². The molecule has 5 heteroatoms. The van der Waals surface area contributed by atoms with Crippen LogP contribution in [0, 0.1) is 0 Å². The fraction of sp³-hybridized carbons (Fsp3) is 0.240. The highest BCUT2D eigenvalue weighted by molar-refractivity contribution is 6.09. The number of rotatable bonds is 6. The van der Waals surface area contributed by atoms with Crippen LogP contribution >= 0.6 is 0 Å². The van der Waals surface area contributed by atoms with Crippen LogP contribution in [0.2, 0.25) is 0 Å². The number of amides is 2. The molecule has 0 N–H and O–H groups in total. The maximum absolute atomic E-state index is 13.5. The van der Waals surface area contributed by atoms with Crippen molar-refractivity contribution in [3.8, 4) is 0 Å². The maximum atomic E-state index is 13.5. The zero-order chi connectivity index (χ0) is 21.1. The molecule has 5 nitrogen and oxygen atoms in total. The molecule has 0 aliphatic carbocycles. The van der Waals surface area contributed by atoms with Gasteiger partial charge >= 0.3 is 0 Å². The van der Waals surface area contributed by atoms with Crippen LogP contribution in [0.5, 0.6) is 0 Å². The second kappa shape index (κ2) is 8.11. The number of para-hydroxylation sites is 1. The lowest BCUT2D eigenvalue weighted by Crippen LogP contribution is -2.44. The summed E-state index contributed by atoms with van der Waals surface area (Å²) in [5.41, 5.74) is 2.73. The SMILES string of the molecule is CN(Cc1ccccn1)C(=O)CC1(Cc2ccccc2)C(=O)N(C)c2ccccc21. The third kappa shape index (κ3) is 3.59. The molecule has 30 heavy (non-hydrogen) atoms. The summed E-state index contributed by atoms with van der Waals surface area (Å²) in [6, 6.07) is 23.4. The molecule has 4 rings (SSSR count). The smallest absolute Gasteiger partial charge is 0.238 e. The highest BCUT2D eigenvalue weighted by Crippen LogP contribution is 2.45. The first kappa shape index (κ1) is 19.8.